The molecule has 1 unspecified atom stereocenters. The number of methoxy groups -OCH3 is 1. The number of hydrogen-bond acceptors (Lipinski definition) is 7. The van der Waals surface area contributed by atoms with Crippen molar-refractivity contribution in [1.29, 1.82) is 0 Å². The number of phenols is 1. The molecule has 152 valence electrons. The molecule has 0 spiro atoms. The summed E-state index contributed by atoms with van der Waals surface area (Å²) in [6.45, 7) is -0.777. The molecule has 7 nitrogen and oxygen atoms in total. The summed E-state index contributed by atoms with van der Waals surface area (Å²) in [5.74, 6) is -1.07. The van der Waals surface area contributed by atoms with Crippen molar-refractivity contribution < 1.29 is 34.0 Å². The zero-order valence-corrected chi connectivity index (χ0v) is 15.9. The maximum Gasteiger partial charge on any atom is 0.331 e. The van der Waals surface area contributed by atoms with Gasteiger partial charge in [0.1, 0.15) is 6.61 Å². The molecule has 0 aliphatic heterocycles. The first-order valence-electron chi connectivity index (χ1n) is 8.78. The van der Waals surface area contributed by atoms with Crippen LogP contribution in [-0.4, -0.2) is 48.6 Å². The van der Waals surface area contributed by atoms with Gasteiger partial charge < -0.3 is 24.4 Å². The molecule has 0 fully saturated rings. The highest BCUT2D eigenvalue weighted by molar-refractivity contribution is 5.88. The van der Waals surface area contributed by atoms with Crippen molar-refractivity contribution in [2.75, 3.05) is 20.3 Å². The van der Waals surface area contributed by atoms with E-state index in [2.05, 4.69) is 0 Å². The number of ether oxygens (including phenoxy) is 3. The van der Waals surface area contributed by atoms with Crippen LogP contribution in [0.5, 0.6) is 11.5 Å². The molecule has 0 heterocycles. The SMILES string of the molecule is COc1cc(C=CC(=O)OCC(CO)OC(=O)C=Cc2ccccc2)ccc1O. The van der Waals surface area contributed by atoms with Gasteiger partial charge in [0.05, 0.1) is 13.7 Å². The molecule has 2 aromatic rings. The van der Waals surface area contributed by atoms with E-state index in [0.717, 1.165) is 5.56 Å². The first-order valence-corrected chi connectivity index (χ1v) is 8.78. The van der Waals surface area contributed by atoms with Crippen molar-refractivity contribution >= 4 is 24.1 Å². The number of hydrogen-bond donors (Lipinski definition) is 2. The number of aromatic hydroxyl groups is 1. The summed E-state index contributed by atoms with van der Waals surface area (Å²) in [6, 6.07) is 13.8. The van der Waals surface area contributed by atoms with Crippen LogP contribution in [0.25, 0.3) is 12.2 Å². The third-order valence-electron chi connectivity index (χ3n) is 3.73. The van der Waals surface area contributed by atoms with Crippen molar-refractivity contribution in [3.8, 4) is 11.5 Å². The van der Waals surface area contributed by atoms with Crippen LogP contribution in [0.4, 0.5) is 0 Å². The smallest absolute Gasteiger partial charge is 0.331 e. The maximum absolute atomic E-state index is 11.8. The summed E-state index contributed by atoms with van der Waals surface area (Å²) in [6.07, 6.45) is 4.49. The number of benzene rings is 2. The van der Waals surface area contributed by atoms with E-state index in [-0.39, 0.29) is 18.1 Å². The molecule has 7 heteroatoms. The number of phenolic OH excluding ortho intramolecular Hbond substituents is 1. The first kappa shape index (κ1) is 21.7. The number of aliphatic hydroxyl groups excluding tert-OH is 1. The number of esters is 2. The second-order valence-corrected chi connectivity index (χ2v) is 5.88. The highest BCUT2D eigenvalue weighted by Crippen LogP contribution is 2.26. The minimum Gasteiger partial charge on any atom is -0.504 e. The van der Waals surface area contributed by atoms with Gasteiger partial charge in [-0.15, -0.1) is 0 Å². The first-order chi connectivity index (χ1) is 14.0. The molecular formula is C22H22O7. The Kier molecular flexibility index (Phi) is 8.47. The molecule has 0 aliphatic carbocycles. The number of aliphatic hydroxyl groups is 1. The molecular weight excluding hydrogens is 376 g/mol. The Bertz CT molecular complexity index is 872. The summed E-state index contributed by atoms with van der Waals surface area (Å²) in [7, 11) is 1.42. The number of rotatable bonds is 9. The standard InChI is InChI=1S/C22H22O7/c1-27-20-13-17(7-10-19(20)24)9-11-21(25)28-15-18(14-23)29-22(26)12-8-16-5-3-2-4-6-16/h2-13,18,23-24H,14-15H2,1H3. The summed E-state index contributed by atoms with van der Waals surface area (Å²) in [5.41, 5.74) is 1.44. The van der Waals surface area contributed by atoms with Crippen LogP contribution in [0.2, 0.25) is 0 Å². The van der Waals surface area contributed by atoms with E-state index in [1.807, 2.05) is 30.3 Å². The monoisotopic (exact) mass is 398 g/mol. The summed E-state index contributed by atoms with van der Waals surface area (Å²) in [5, 5.41) is 18.9. The topological polar surface area (TPSA) is 102 Å². The third kappa shape index (κ3) is 7.51. The molecule has 2 rings (SSSR count). The van der Waals surface area contributed by atoms with E-state index in [9.17, 15) is 19.8 Å². The predicted molar refractivity (Wildman–Crippen MR) is 107 cm³/mol. The second kappa shape index (κ2) is 11.3. The van der Waals surface area contributed by atoms with E-state index < -0.39 is 24.6 Å². The largest absolute Gasteiger partial charge is 0.504 e. The molecule has 1 atom stereocenters. The molecule has 0 bridgehead atoms. The lowest BCUT2D eigenvalue weighted by atomic mass is 10.2. The van der Waals surface area contributed by atoms with Crippen LogP contribution in [-0.2, 0) is 19.1 Å². The van der Waals surface area contributed by atoms with E-state index in [4.69, 9.17) is 14.2 Å². The average molecular weight is 398 g/mol. The van der Waals surface area contributed by atoms with Gasteiger partial charge in [0.25, 0.3) is 0 Å². The fraction of sp³-hybridized carbons (Fsp3) is 0.182. The van der Waals surface area contributed by atoms with Gasteiger partial charge in [0, 0.05) is 12.2 Å². The van der Waals surface area contributed by atoms with Crippen LogP contribution in [0.15, 0.2) is 60.7 Å². The third-order valence-corrected chi connectivity index (χ3v) is 3.73. The number of carbonyl (C=O) groups is 2. The van der Waals surface area contributed by atoms with Crippen molar-refractivity contribution in [3.05, 3.63) is 71.8 Å². The Balaban J connectivity index is 1.82. The Labute approximate surface area is 168 Å². The van der Waals surface area contributed by atoms with Crippen molar-refractivity contribution in [1.82, 2.24) is 0 Å². The highest BCUT2D eigenvalue weighted by Gasteiger charge is 2.14. The Morgan fingerprint density at radius 1 is 1.00 bits per heavy atom. The maximum atomic E-state index is 11.8. The molecule has 0 radical (unpaired) electrons. The minimum atomic E-state index is -0.978. The lowest BCUT2D eigenvalue weighted by molar-refractivity contribution is -0.154. The fourth-order valence-electron chi connectivity index (χ4n) is 2.24. The van der Waals surface area contributed by atoms with Gasteiger partial charge in [-0.1, -0.05) is 36.4 Å². The molecule has 0 saturated carbocycles. The van der Waals surface area contributed by atoms with Gasteiger partial charge >= 0.3 is 11.9 Å². The highest BCUT2D eigenvalue weighted by atomic mass is 16.6. The van der Waals surface area contributed by atoms with Crippen LogP contribution in [0, 0.1) is 0 Å². The van der Waals surface area contributed by atoms with Gasteiger partial charge in [0.15, 0.2) is 17.6 Å². The molecule has 2 aromatic carbocycles. The molecule has 0 saturated heterocycles. The van der Waals surface area contributed by atoms with Crippen molar-refractivity contribution in [2.24, 2.45) is 0 Å². The van der Waals surface area contributed by atoms with Gasteiger partial charge in [-0.2, -0.15) is 0 Å². The van der Waals surface area contributed by atoms with Crippen molar-refractivity contribution in [2.45, 2.75) is 6.10 Å². The number of carbonyl (C=O) groups excluding carboxylic acids is 2. The molecule has 0 amide bonds. The van der Waals surface area contributed by atoms with Gasteiger partial charge in [-0.3, -0.25) is 0 Å². The van der Waals surface area contributed by atoms with Crippen LogP contribution in [0.3, 0.4) is 0 Å². The minimum absolute atomic E-state index is 0.0128. The van der Waals surface area contributed by atoms with Crippen LogP contribution < -0.4 is 4.74 Å². The Morgan fingerprint density at radius 2 is 1.69 bits per heavy atom. The van der Waals surface area contributed by atoms with Crippen molar-refractivity contribution in [3.63, 3.8) is 0 Å². The Morgan fingerprint density at radius 3 is 2.38 bits per heavy atom. The predicted octanol–water partition coefficient (Wildman–Crippen LogP) is 2.57. The zero-order chi connectivity index (χ0) is 21.1. The van der Waals surface area contributed by atoms with E-state index in [0.29, 0.717) is 5.56 Å². The van der Waals surface area contributed by atoms with Gasteiger partial charge in [-0.05, 0) is 35.4 Å². The van der Waals surface area contributed by atoms with Gasteiger partial charge in [0.2, 0.25) is 0 Å². The Hall–Kier alpha value is -3.58. The summed E-state index contributed by atoms with van der Waals surface area (Å²) < 4.78 is 15.0. The summed E-state index contributed by atoms with van der Waals surface area (Å²) in [4.78, 5) is 23.7. The van der Waals surface area contributed by atoms with E-state index in [1.54, 1.807) is 18.2 Å². The normalized spacial score (nSPS) is 12.1. The van der Waals surface area contributed by atoms with E-state index >= 15 is 0 Å². The fourth-order valence-corrected chi connectivity index (χ4v) is 2.24. The molecule has 2 N–H and O–H groups in total. The summed E-state index contributed by atoms with van der Waals surface area (Å²) >= 11 is 0. The second-order valence-electron chi connectivity index (χ2n) is 5.88. The zero-order valence-electron chi connectivity index (χ0n) is 15.9. The molecule has 0 aliphatic rings. The van der Waals surface area contributed by atoms with E-state index in [1.165, 1.54) is 31.4 Å². The lowest BCUT2D eigenvalue weighted by Gasteiger charge is -2.13. The molecule has 29 heavy (non-hydrogen) atoms. The lowest BCUT2D eigenvalue weighted by Crippen LogP contribution is -2.27. The van der Waals surface area contributed by atoms with Crippen LogP contribution >= 0.6 is 0 Å². The van der Waals surface area contributed by atoms with Crippen LogP contribution in [0.1, 0.15) is 11.1 Å². The molecule has 0 aromatic heterocycles. The average Bonchev–Trinajstić information content (AvgIpc) is 2.75. The van der Waals surface area contributed by atoms with Gasteiger partial charge in [-0.25, -0.2) is 9.59 Å². The quantitative estimate of drug-likeness (QED) is 0.494.